The highest BCUT2D eigenvalue weighted by molar-refractivity contribution is 6.43. The summed E-state index contributed by atoms with van der Waals surface area (Å²) in [6.07, 6.45) is 6.07. The predicted molar refractivity (Wildman–Crippen MR) is 101 cm³/mol. The van der Waals surface area contributed by atoms with Gasteiger partial charge in [0.05, 0.1) is 21.7 Å². The van der Waals surface area contributed by atoms with E-state index in [1.807, 2.05) is 0 Å². The first-order valence-electron chi connectivity index (χ1n) is 8.68. The average molecular weight is 406 g/mol. The van der Waals surface area contributed by atoms with E-state index in [4.69, 9.17) is 44.3 Å². The van der Waals surface area contributed by atoms with Gasteiger partial charge in [-0.1, -0.05) is 55.1 Å². The lowest BCUT2D eigenvalue weighted by molar-refractivity contribution is -0.176. The van der Waals surface area contributed by atoms with Crippen LogP contribution in [0.3, 0.4) is 0 Å². The molecule has 0 radical (unpaired) electrons. The highest BCUT2D eigenvalue weighted by atomic mass is 35.5. The zero-order valence-corrected chi connectivity index (χ0v) is 16.8. The van der Waals surface area contributed by atoms with E-state index >= 15 is 0 Å². The van der Waals surface area contributed by atoms with Gasteiger partial charge in [0, 0.05) is 6.07 Å². The second-order valence-corrected chi connectivity index (χ2v) is 8.97. The van der Waals surface area contributed by atoms with Crippen LogP contribution < -0.4 is 4.74 Å². The summed E-state index contributed by atoms with van der Waals surface area (Å²) in [6.45, 7) is 4.96. The molecule has 3 nitrogen and oxygen atoms in total. The first-order chi connectivity index (χ1) is 11.7. The van der Waals surface area contributed by atoms with Gasteiger partial charge in [-0.25, -0.2) is 4.79 Å². The maximum Gasteiger partial charge on any atom is 0.344 e. The molecular weight excluding hydrogens is 383 g/mol. The van der Waals surface area contributed by atoms with Crippen LogP contribution in [0, 0.1) is 16.7 Å². The van der Waals surface area contributed by atoms with E-state index < -0.39 is 5.97 Å². The molecule has 3 aliphatic rings. The van der Waals surface area contributed by atoms with Gasteiger partial charge in [0.15, 0.2) is 6.61 Å². The van der Waals surface area contributed by atoms with Crippen molar-refractivity contribution >= 4 is 40.8 Å². The maximum absolute atomic E-state index is 12.0. The highest BCUT2D eigenvalue weighted by Crippen LogP contribution is 2.69. The molecule has 25 heavy (non-hydrogen) atoms. The van der Waals surface area contributed by atoms with Crippen molar-refractivity contribution < 1.29 is 14.3 Å². The molecule has 0 unspecified atom stereocenters. The molecule has 2 atom stereocenters. The molecule has 3 aliphatic carbocycles. The number of carbonyl (C=O) groups is 1. The smallest absolute Gasteiger partial charge is 0.344 e. The molecule has 0 saturated heterocycles. The Kier molecular flexibility index (Phi) is 5.49. The van der Waals surface area contributed by atoms with Crippen LogP contribution in [0.15, 0.2) is 12.1 Å². The number of ether oxygens (including phenoxy) is 2. The Morgan fingerprint density at radius 3 is 2.60 bits per heavy atom. The van der Waals surface area contributed by atoms with Gasteiger partial charge in [0.1, 0.15) is 5.75 Å². The summed E-state index contributed by atoms with van der Waals surface area (Å²) >= 11 is 17.8. The van der Waals surface area contributed by atoms with Crippen molar-refractivity contribution in [1.82, 2.24) is 0 Å². The number of hydrogen-bond donors (Lipinski definition) is 0. The second-order valence-electron chi connectivity index (χ2n) is 7.75. The van der Waals surface area contributed by atoms with Gasteiger partial charge in [-0.3, -0.25) is 0 Å². The molecule has 0 aliphatic heterocycles. The van der Waals surface area contributed by atoms with Gasteiger partial charge in [-0.15, -0.1) is 0 Å². The third-order valence-electron chi connectivity index (χ3n) is 6.40. The summed E-state index contributed by atoms with van der Waals surface area (Å²) in [5.41, 5.74) is 0.700. The third kappa shape index (κ3) is 3.61. The number of halogens is 3. The largest absolute Gasteiger partial charge is 0.480 e. The zero-order valence-electron chi connectivity index (χ0n) is 14.5. The van der Waals surface area contributed by atoms with Gasteiger partial charge < -0.3 is 9.47 Å². The van der Waals surface area contributed by atoms with E-state index in [0.29, 0.717) is 38.3 Å². The fourth-order valence-corrected chi connectivity index (χ4v) is 5.16. The van der Waals surface area contributed by atoms with Gasteiger partial charge >= 0.3 is 5.97 Å². The lowest BCUT2D eigenvalue weighted by atomic mass is 9.39. The molecule has 3 fully saturated rings. The Labute approximate surface area is 163 Å². The molecule has 0 aromatic heterocycles. The quantitative estimate of drug-likeness (QED) is 0.419. The lowest BCUT2D eigenvalue weighted by Gasteiger charge is -2.66. The molecule has 138 valence electrons. The zero-order chi connectivity index (χ0) is 18.2. The Hall–Kier alpha value is -0.640. The van der Waals surface area contributed by atoms with Gasteiger partial charge in [0.2, 0.25) is 0 Å². The summed E-state index contributed by atoms with van der Waals surface area (Å²) in [5, 5.41) is 0.980. The van der Waals surface area contributed by atoms with Crippen molar-refractivity contribution in [2.45, 2.75) is 46.0 Å². The monoisotopic (exact) mass is 404 g/mol. The van der Waals surface area contributed by atoms with Crippen LogP contribution in [0.4, 0.5) is 0 Å². The molecule has 2 bridgehead atoms. The lowest BCUT2D eigenvalue weighted by Crippen LogP contribution is -2.58. The SMILES string of the molecule is CC1(C)[C@H]2CCC[C@@]1(CCOC(=O)COc1cc(Cl)c(Cl)cc1Cl)C2. The van der Waals surface area contributed by atoms with E-state index in [1.165, 1.54) is 37.8 Å². The van der Waals surface area contributed by atoms with Crippen LogP contribution in [-0.2, 0) is 9.53 Å². The first-order valence-corrected chi connectivity index (χ1v) is 9.81. The molecule has 0 N–H and O–H groups in total. The van der Waals surface area contributed by atoms with Crippen LogP contribution in [0.2, 0.25) is 15.1 Å². The Morgan fingerprint density at radius 2 is 1.92 bits per heavy atom. The average Bonchev–Trinajstić information content (AvgIpc) is 2.57. The first kappa shape index (κ1) is 19.1. The van der Waals surface area contributed by atoms with Crippen molar-refractivity contribution in [3.05, 3.63) is 27.2 Å². The molecule has 6 heteroatoms. The van der Waals surface area contributed by atoms with Crippen LogP contribution in [0.25, 0.3) is 0 Å². The van der Waals surface area contributed by atoms with Crippen LogP contribution in [0.1, 0.15) is 46.0 Å². The Balaban J connectivity index is 1.46. The molecule has 0 amide bonds. The number of benzene rings is 1. The fraction of sp³-hybridized carbons (Fsp3) is 0.632. The fourth-order valence-electron chi connectivity index (χ4n) is 4.57. The topological polar surface area (TPSA) is 35.5 Å². The predicted octanol–water partition coefficient (Wildman–Crippen LogP) is 6.18. The second kappa shape index (κ2) is 7.17. The van der Waals surface area contributed by atoms with E-state index in [1.54, 1.807) is 0 Å². The molecule has 1 aromatic rings. The maximum atomic E-state index is 12.0. The minimum Gasteiger partial charge on any atom is -0.480 e. The number of fused-ring (bicyclic) bond motifs is 2. The molecule has 1 aromatic carbocycles. The minimum absolute atomic E-state index is 0.198. The molecular formula is C19H23Cl3O3. The van der Waals surface area contributed by atoms with E-state index in [-0.39, 0.29) is 6.61 Å². The molecule has 3 saturated carbocycles. The minimum atomic E-state index is -0.400. The van der Waals surface area contributed by atoms with Crippen molar-refractivity contribution in [2.24, 2.45) is 16.7 Å². The van der Waals surface area contributed by atoms with Crippen molar-refractivity contribution in [1.29, 1.82) is 0 Å². The van der Waals surface area contributed by atoms with Crippen LogP contribution in [-0.4, -0.2) is 19.2 Å². The van der Waals surface area contributed by atoms with Crippen molar-refractivity contribution in [2.75, 3.05) is 13.2 Å². The number of hydrogen-bond acceptors (Lipinski definition) is 3. The normalized spacial score (nSPS) is 26.7. The van der Waals surface area contributed by atoms with Crippen LogP contribution in [0.5, 0.6) is 5.75 Å². The summed E-state index contributed by atoms with van der Waals surface area (Å²) in [4.78, 5) is 12.0. The van der Waals surface area contributed by atoms with Gasteiger partial charge in [0.25, 0.3) is 0 Å². The van der Waals surface area contributed by atoms with E-state index in [9.17, 15) is 4.79 Å². The number of rotatable bonds is 6. The van der Waals surface area contributed by atoms with E-state index in [2.05, 4.69) is 13.8 Å². The standard InChI is InChI=1S/C19H23Cl3O3/c1-18(2)12-4-3-5-19(18,10-12)6-7-24-17(23)11-25-16-9-14(21)13(20)8-15(16)22/h8-9,12H,3-7,10-11H2,1-2H3/t12-,19+/m0/s1. The van der Waals surface area contributed by atoms with E-state index in [0.717, 1.165) is 12.3 Å². The van der Waals surface area contributed by atoms with Gasteiger partial charge in [-0.05, 0) is 48.5 Å². The van der Waals surface area contributed by atoms with Crippen LogP contribution >= 0.6 is 34.8 Å². The van der Waals surface area contributed by atoms with Crippen molar-refractivity contribution in [3.63, 3.8) is 0 Å². The molecule has 4 rings (SSSR count). The third-order valence-corrected chi connectivity index (χ3v) is 7.41. The number of esters is 1. The summed E-state index contributed by atoms with van der Waals surface area (Å²) in [6, 6.07) is 2.99. The Bertz CT molecular complexity index is 670. The summed E-state index contributed by atoms with van der Waals surface area (Å²) in [5.74, 6) is 0.752. The van der Waals surface area contributed by atoms with Crippen molar-refractivity contribution in [3.8, 4) is 5.75 Å². The Morgan fingerprint density at radius 1 is 1.20 bits per heavy atom. The molecule has 0 heterocycles. The number of carbonyl (C=O) groups excluding carboxylic acids is 1. The molecule has 0 spiro atoms. The summed E-state index contributed by atoms with van der Waals surface area (Å²) < 4.78 is 10.8. The van der Waals surface area contributed by atoms with Gasteiger partial charge in [-0.2, -0.15) is 0 Å². The summed E-state index contributed by atoms with van der Waals surface area (Å²) in [7, 11) is 0. The highest BCUT2D eigenvalue weighted by Gasteiger charge is 2.60.